The minimum atomic E-state index is -0.712. The Morgan fingerprint density at radius 1 is 1.00 bits per heavy atom. The first-order valence-corrected chi connectivity index (χ1v) is 7.55. The number of pyridine rings is 1. The first kappa shape index (κ1) is 15.0. The third-order valence-electron chi connectivity index (χ3n) is 3.93. The predicted molar refractivity (Wildman–Crippen MR) is 90.0 cm³/mol. The minimum absolute atomic E-state index is 0.187. The van der Waals surface area contributed by atoms with Gasteiger partial charge >= 0.3 is 0 Å². The number of aliphatic hydroxyl groups is 1. The van der Waals surface area contributed by atoms with Crippen molar-refractivity contribution >= 4 is 22.4 Å². The van der Waals surface area contributed by atoms with Gasteiger partial charge in [0.2, 0.25) is 0 Å². The van der Waals surface area contributed by atoms with E-state index in [-0.39, 0.29) is 5.92 Å². The van der Waals surface area contributed by atoms with Crippen LogP contribution in [-0.4, -0.2) is 16.6 Å². The van der Waals surface area contributed by atoms with E-state index in [4.69, 9.17) is 17.3 Å². The first-order valence-electron chi connectivity index (χ1n) is 7.17. The molecule has 3 rings (SSSR count). The van der Waals surface area contributed by atoms with Crippen LogP contribution in [0.4, 0.5) is 0 Å². The number of halogens is 1. The van der Waals surface area contributed by atoms with Gasteiger partial charge in [-0.3, -0.25) is 0 Å². The molecule has 0 aliphatic carbocycles. The van der Waals surface area contributed by atoms with E-state index in [1.807, 2.05) is 18.2 Å². The number of benzene rings is 2. The summed E-state index contributed by atoms with van der Waals surface area (Å²) in [6, 6.07) is 17.8. The summed E-state index contributed by atoms with van der Waals surface area (Å²) in [5.41, 5.74) is 7.64. The first-order chi connectivity index (χ1) is 10.7. The summed E-state index contributed by atoms with van der Waals surface area (Å²) in [4.78, 5) is 4.03. The highest BCUT2D eigenvalue weighted by Gasteiger charge is 2.22. The summed E-state index contributed by atoms with van der Waals surface area (Å²) < 4.78 is 0. The molecule has 0 fully saturated rings. The zero-order valence-electron chi connectivity index (χ0n) is 12.0. The van der Waals surface area contributed by atoms with Crippen LogP contribution in [0.3, 0.4) is 0 Å². The number of aliphatic hydroxyl groups excluding tert-OH is 1. The van der Waals surface area contributed by atoms with Crippen molar-refractivity contribution in [2.45, 2.75) is 12.0 Å². The molecule has 22 heavy (non-hydrogen) atoms. The molecule has 1 heterocycles. The molecule has 1 aromatic heterocycles. The highest BCUT2D eigenvalue weighted by Crippen LogP contribution is 2.31. The lowest BCUT2D eigenvalue weighted by atomic mass is 9.88. The topological polar surface area (TPSA) is 59.1 Å². The van der Waals surface area contributed by atoms with Crippen molar-refractivity contribution in [3.8, 4) is 0 Å². The molecular weight excluding hydrogens is 296 g/mol. The Morgan fingerprint density at radius 3 is 2.41 bits per heavy atom. The van der Waals surface area contributed by atoms with Crippen LogP contribution in [0.15, 0.2) is 60.8 Å². The average molecular weight is 313 g/mol. The number of aromatic nitrogens is 1. The molecular formula is C18H17ClN2O. The monoisotopic (exact) mass is 312 g/mol. The van der Waals surface area contributed by atoms with Crippen molar-refractivity contribution < 1.29 is 5.11 Å². The van der Waals surface area contributed by atoms with Gasteiger partial charge in [-0.2, -0.15) is 0 Å². The largest absolute Gasteiger partial charge is 0.388 e. The highest BCUT2D eigenvalue weighted by molar-refractivity contribution is 6.29. The van der Waals surface area contributed by atoms with Crippen LogP contribution < -0.4 is 5.73 Å². The van der Waals surface area contributed by atoms with E-state index in [9.17, 15) is 5.11 Å². The molecule has 0 aliphatic heterocycles. The average Bonchev–Trinajstić information content (AvgIpc) is 2.56. The molecule has 112 valence electrons. The molecule has 0 amide bonds. The second-order valence-corrected chi connectivity index (χ2v) is 5.70. The van der Waals surface area contributed by atoms with E-state index in [1.165, 1.54) is 5.39 Å². The molecule has 2 aromatic carbocycles. The molecule has 4 heteroatoms. The zero-order chi connectivity index (χ0) is 15.5. The molecule has 3 aromatic rings. The molecule has 0 spiro atoms. The smallest absolute Gasteiger partial charge is 0.129 e. The minimum Gasteiger partial charge on any atom is -0.388 e. The maximum atomic E-state index is 10.6. The lowest BCUT2D eigenvalue weighted by Crippen LogP contribution is -2.20. The fourth-order valence-electron chi connectivity index (χ4n) is 2.68. The van der Waals surface area contributed by atoms with Crippen LogP contribution in [0, 0.1) is 0 Å². The lowest BCUT2D eigenvalue weighted by Gasteiger charge is -2.22. The summed E-state index contributed by atoms with van der Waals surface area (Å²) in [6.07, 6.45) is 0.882. The second-order valence-electron chi connectivity index (χ2n) is 5.31. The van der Waals surface area contributed by atoms with Gasteiger partial charge in [-0.15, -0.1) is 0 Å². The van der Waals surface area contributed by atoms with Crippen LogP contribution in [0.1, 0.15) is 23.1 Å². The van der Waals surface area contributed by atoms with Gasteiger partial charge in [0.15, 0.2) is 0 Å². The van der Waals surface area contributed by atoms with Gasteiger partial charge in [0.1, 0.15) is 5.15 Å². The van der Waals surface area contributed by atoms with E-state index >= 15 is 0 Å². The van der Waals surface area contributed by atoms with E-state index < -0.39 is 6.10 Å². The number of fused-ring (bicyclic) bond motifs is 1. The van der Waals surface area contributed by atoms with Crippen molar-refractivity contribution in [1.82, 2.24) is 4.98 Å². The third kappa shape index (κ3) is 2.97. The van der Waals surface area contributed by atoms with E-state index in [1.54, 1.807) is 18.3 Å². The van der Waals surface area contributed by atoms with Crippen LogP contribution in [-0.2, 0) is 0 Å². The van der Waals surface area contributed by atoms with Crippen molar-refractivity contribution in [3.63, 3.8) is 0 Å². The Kier molecular flexibility index (Phi) is 4.39. The third-order valence-corrected chi connectivity index (χ3v) is 4.15. The summed E-state index contributed by atoms with van der Waals surface area (Å²) in [5, 5.41) is 13.4. The van der Waals surface area contributed by atoms with Crippen molar-refractivity contribution in [3.05, 3.63) is 77.1 Å². The summed E-state index contributed by atoms with van der Waals surface area (Å²) in [5.74, 6) is -0.187. The molecule has 3 nitrogen and oxygen atoms in total. The van der Waals surface area contributed by atoms with Crippen molar-refractivity contribution in [2.75, 3.05) is 6.54 Å². The number of nitrogens with two attached hydrogens (primary N) is 1. The fraction of sp³-hybridized carbons (Fsp3) is 0.167. The SMILES string of the molecule is NC[C@@H](c1ccc2ccccc2c1)[C@@H](O)c1ccc(Cl)nc1. The molecule has 0 aliphatic rings. The van der Waals surface area contributed by atoms with E-state index in [0.717, 1.165) is 10.9 Å². The summed E-state index contributed by atoms with van der Waals surface area (Å²) >= 11 is 5.79. The standard InChI is InChI=1S/C18H17ClN2O/c19-17-8-7-15(11-21-17)18(22)16(10-20)14-6-5-12-3-1-2-4-13(12)9-14/h1-9,11,16,18,22H,10,20H2/t16-,18-/m0/s1. The lowest BCUT2D eigenvalue weighted by molar-refractivity contribution is 0.147. The van der Waals surface area contributed by atoms with Gasteiger partial charge in [-0.1, -0.05) is 60.1 Å². The van der Waals surface area contributed by atoms with Gasteiger partial charge in [-0.25, -0.2) is 4.98 Å². The van der Waals surface area contributed by atoms with Crippen molar-refractivity contribution in [1.29, 1.82) is 0 Å². The highest BCUT2D eigenvalue weighted by atomic mass is 35.5. The molecule has 3 N–H and O–H groups in total. The fourth-order valence-corrected chi connectivity index (χ4v) is 2.79. The molecule has 0 saturated heterocycles. The number of nitrogens with zero attached hydrogens (tertiary/aromatic N) is 1. The van der Waals surface area contributed by atoms with Gasteiger partial charge in [0, 0.05) is 18.7 Å². The molecule has 0 saturated carbocycles. The van der Waals surface area contributed by atoms with Gasteiger partial charge < -0.3 is 10.8 Å². The van der Waals surface area contributed by atoms with Gasteiger partial charge in [0.05, 0.1) is 6.10 Å². The summed E-state index contributed by atoms with van der Waals surface area (Å²) in [6.45, 7) is 0.349. The van der Waals surface area contributed by atoms with Crippen LogP contribution in [0.2, 0.25) is 5.15 Å². The molecule has 2 atom stereocenters. The number of hydrogen-bond acceptors (Lipinski definition) is 3. The molecule has 0 radical (unpaired) electrons. The number of hydrogen-bond donors (Lipinski definition) is 2. The predicted octanol–water partition coefficient (Wildman–Crippen LogP) is 3.66. The van der Waals surface area contributed by atoms with E-state index in [2.05, 4.69) is 29.2 Å². The van der Waals surface area contributed by atoms with Crippen LogP contribution in [0.5, 0.6) is 0 Å². The Labute approximate surface area is 134 Å². The Bertz CT molecular complexity index is 773. The zero-order valence-corrected chi connectivity index (χ0v) is 12.7. The Morgan fingerprint density at radius 2 is 1.73 bits per heavy atom. The molecule has 0 unspecified atom stereocenters. The van der Waals surface area contributed by atoms with Crippen LogP contribution in [0.25, 0.3) is 10.8 Å². The summed E-state index contributed by atoms with van der Waals surface area (Å²) in [7, 11) is 0. The Balaban J connectivity index is 1.96. The van der Waals surface area contributed by atoms with Gasteiger partial charge in [0.25, 0.3) is 0 Å². The van der Waals surface area contributed by atoms with E-state index in [0.29, 0.717) is 17.3 Å². The second kappa shape index (κ2) is 6.44. The van der Waals surface area contributed by atoms with Crippen molar-refractivity contribution in [2.24, 2.45) is 5.73 Å². The normalized spacial score (nSPS) is 14.0. The quantitative estimate of drug-likeness (QED) is 0.723. The molecule has 0 bridgehead atoms. The Hall–Kier alpha value is -1.94. The number of rotatable bonds is 4. The maximum absolute atomic E-state index is 10.6. The van der Waals surface area contributed by atoms with Gasteiger partial charge in [-0.05, 0) is 28.0 Å². The van der Waals surface area contributed by atoms with Crippen LogP contribution >= 0.6 is 11.6 Å². The maximum Gasteiger partial charge on any atom is 0.129 e.